The Kier molecular flexibility index (Phi) is 11.5. The van der Waals surface area contributed by atoms with Gasteiger partial charge in [0.2, 0.25) is 0 Å². The Bertz CT molecular complexity index is 602. The number of nitrogens with zero attached hydrogens (tertiary/aromatic N) is 2. The van der Waals surface area contributed by atoms with Gasteiger partial charge in [-0.05, 0) is 32.4 Å². The molecule has 8 heteroatoms. The van der Waals surface area contributed by atoms with Crippen molar-refractivity contribution in [1.82, 2.24) is 15.6 Å². The normalized spacial score (nSPS) is 11.2. The molecule has 2 N–H and O–H groups in total. The van der Waals surface area contributed by atoms with Crippen molar-refractivity contribution in [2.45, 2.75) is 33.2 Å². The molecule has 0 amide bonds. The lowest BCUT2D eigenvalue weighted by molar-refractivity contribution is 0.145. The van der Waals surface area contributed by atoms with Crippen LogP contribution in [-0.2, 0) is 17.7 Å². The van der Waals surface area contributed by atoms with E-state index in [0.717, 1.165) is 55.9 Å². The highest BCUT2D eigenvalue weighted by atomic mass is 127. The van der Waals surface area contributed by atoms with Crippen LogP contribution in [0.1, 0.15) is 29.0 Å². The quantitative estimate of drug-likeness (QED) is 0.237. The molecule has 0 unspecified atom stereocenters. The number of nitrogens with one attached hydrogen (secondary N) is 2. The van der Waals surface area contributed by atoms with Gasteiger partial charge in [-0.3, -0.25) is 0 Å². The Labute approximate surface area is 170 Å². The van der Waals surface area contributed by atoms with E-state index in [2.05, 4.69) is 27.5 Å². The summed E-state index contributed by atoms with van der Waals surface area (Å²) in [6.07, 6.45) is 5.35. The minimum Gasteiger partial charge on any atom is -0.469 e. The Morgan fingerprint density at radius 3 is 2.88 bits per heavy atom. The number of guanidine groups is 1. The second-order valence-electron chi connectivity index (χ2n) is 5.26. The largest absolute Gasteiger partial charge is 0.469 e. The van der Waals surface area contributed by atoms with Gasteiger partial charge in [-0.25, -0.2) is 9.98 Å². The molecule has 0 radical (unpaired) electrons. The van der Waals surface area contributed by atoms with Gasteiger partial charge >= 0.3 is 0 Å². The van der Waals surface area contributed by atoms with Gasteiger partial charge in [-0.2, -0.15) is 0 Å². The number of aryl methyl sites for hydroxylation is 1. The van der Waals surface area contributed by atoms with E-state index in [-0.39, 0.29) is 24.0 Å². The lowest BCUT2D eigenvalue weighted by atomic mass is 10.3. The summed E-state index contributed by atoms with van der Waals surface area (Å²) in [7, 11) is 0. The van der Waals surface area contributed by atoms with Crippen molar-refractivity contribution in [1.29, 1.82) is 0 Å². The van der Waals surface area contributed by atoms with Gasteiger partial charge < -0.3 is 19.8 Å². The van der Waals surface area contributed by atoms with Crippen LogP contribution in [0.15, 0.2) is 34.0 Å². The van der Waals surface area contributed by atoms with Gasteiger partial charge in [0, 0.05) is 43.8 Å². The van der Waals surface area contributed by atoms with Crippen molar-refractivity contribution in [2.24, 2.45) is 4.99 Å². The third-order valence-electron chi connectivity index (χ3n) is 3.25. The molecule has 0 aliphatic heterocycles. The third kappa shape index (κ3) is 9.22. The average molecular weight is 478 g/mol. The molecular formula is C17H27IN4O2S. The van der Waals surface area contributed by atoms with Crippen LogP contribution in [0.3, 0.4) is 0 Å². The summed E-state index contributed by atoms with van der Waals surface area (Å²) in [5.74, 6) is 1.76. The van der Waals surface area contributed by atoms with Gasteiger partial charge in [0.15, 0.2) is 5.96 Å². The second kappa shape index (κ2) is 13.1. The maximum Gasteiger partial charge on any atom is 0.191 e. The van der Waals surface area contributed by atoms with E-state index in [9.17, 15) is 0 Å². The summed E-state index contributed by atoms with van der Waals surface area (Å²) >= 11 is 1.68. The van der Waals surface area contributed by atoms with Gasteiger partial charge in [0.05, 0.1) is 12.8 Å². The van der Waals surface area contributed by atoms with Crippen molar-refractivity contribution < 1.29 is 9.15 Å². The van der Waals surface area contributed by atoms with Crippen LogP contribution in [-0.4, -0.2) is 37.2 Å². The fourth-order valence-electron chi connectivity index (χ4n) is 2.08. The molecule has 2 heterocycles. The molecule has 0 aliphatic rings. The summed E-state index contributed by atoms with van der Waals surface area (Å²) in [6.45, 7) is 7.75. The summed E-state index contributed by atoms with van der Waals surface area (Å²) in [5, 5.41) is 7.70. The van der Waals surface area contributed by atoms with E-state index < -0.39 is 0 Å². The highest BCUT2D eigenvalue weighted by Gasteiger charge is 2.02. The molecule has 0 saturated carbocycles. The highest BCUT2D eigenvalue weighted by Crippen LogP contribution is 2.11. The maximum absolute atomic E-state index is 5.36. The average Bonchev–Trinajstić information content (AvgIpc) is 3.23. The minimum atomic E-state index is 0. The first-order valence-electron chi connectivity index (χ1n) is 8.31. The lowest BCUT2D eigenvalue weighted by Crippen LogP contribution is -2.39. The van der Waals surface area contributed by atoms with Crippen LogP contribution in [0.2, 0.25) is 0 Å². The highest BCUT2D eigenvalue weighted by molar-refractivity contribution is 14.0. The Morgan fingerprint density at radius 2 is 2.20 bits per heavy atom. The molecule has 140 valence electrons. The van der Waals surface area contributed by atoms with Gasteiger partial charge in [0.1, 0.15) is 10.8 Å². The van der Waals surface area contributed by atoms with E-state index in [1.807, 2.05) is 25.3 Å². The van der Waals surface area contributed by atoms with Crippen LogP contribution in [0.4, 0.5) is 0 Å². The number of furan rings is 1. The number of thiazole rings is 1. The topological polar surface area (TPSA) is 71.7 Å². The van der Waals surface area contributed by atoms with Crippen LogP contribution in [0.25, 0.3) is 0 Å². The van der Waals surface area contributed by atoms with E-state index >= 15 is 0 Å². The lowest BCUT2D eigenvalue weighted by Gasteiger charge is -2.12. The van der Waals surface area contributed by atoms with Gasteiger partial charge in [0.25, 0.3) is 0 Å². The van der Waals surface area contributed by atoms with Crippen LogP contribution in [0.5, 0.6) is 0 Å². The molecule has 25 heavy (non-hydrogen) atoms. The predicted molar refractivity (Wildman–Crippen MR) is 113 cm³/mol. The number of ether oxygens (including phenoxy) is 1. The van der Waals surface area contributed by atoms with E-state index in [1.54, 1.807) is 17.6 Å². The summed E-state index contributed by atoms with van der Waals surface area (Å²) in [6, 6.07) is 3.88. The second-order valence-corrected chi connectivity index (χ2v) is 6.58. The molecule has 0 bridgehead atoms. The Balaban J connectivity index is 0.00000312. The molecule has 0 saturated heterocycles. The summed E-state index contributed by atoms with van der Waals surface area (Å²) in [4.78, 5) is 10.2. The first-order chi connectivity index (χ1) is 11.8. The van der Waals surface area contributed by atoms with Crippen LogP contribution in [0, 0.1) is 6.92 Å². The van der Waals surface area contributed by atoms with Crippen molar-refractivity contribution in [3.8, 4) is 0 Å². The summed E-state index contributed by atoms with van der Waals surface area (Å²) < 4.78 is 10.7. The summed E-state index contributed by atoms with van der Waals surface area (Å²) in [5.41, 5.74) is 0. The number of halogens is 1. The number of hydrogen-bond acceptors (Lipinski definition) is 5. The van der Waals surface area contributed by atoms with Crippen molar-refractivity contribution in [3.63, 3.8) is 0 Å². The molecule has 0 aromatic carbocycles. The van der Waals surface area contributed by atoms with E-state index in [1.165, 1.54) is 4.88 Å². The molecule has 0 fully saturated rings. The van der Waals surface area contributed by atoms with Crippen LogP contribution < -0.4 is 10.6 Å². The number of aliphatic imine (C=N–C) groups is 1. The Hall–Kier alpha value is -1.13. The zero-order valence-corrected chi connectivity index (χ0v) is 17.9. The van der Waals surface area contributed by atoms with Crippen molar-refractivity contribution in [3.05, 3.63) is 40.2 Å². The first-order valence-corrected chi connectivity index (χ1v) is 9.13. The molecule has 0 spiro atoms. The van der Waals surface area contributed by atoms with Gasteiger partial charge in [-0.1, -0.05) is 0 Å². The molecule has 2 aromatic heterocycles. The standard InChI is InChI=1S/C17H26N4O2S.HI/c1-3-22-10-5-8-18-17(19-9-7-15-6-4-11-23-15)21-13-16-20-12-14(2)24-16;/h4,6,11-12H,3,5,7-10,13H2,1-2H3,(H2,18,19,21);1H. The molecule has 2 aromatic rings. The zero-order chi connectivity index (χ0) is 17.0. The third-order valence-corrected chi connectivity index (χ3v) is 4.15. The maximum atomic E-state index is 5.36. The predicted octanol–water partition coefficient (Wildman–Crippen LogP) is 3.37. The fourth-order valence-corrected chi connectivity index (χ4v) is 2.79. The SMILES string of the molecule is CCOCCCNC(=NCc1ncc(C)s1)NCCc1ccco1.I. The number of hydrogen-bond donors (Lipinski definition) is 2. The van der Waals surface area contributed by atoms with Crippen molar-refractivity contribution >= 4 is 41.3 Å². The molecule has 0 aliphatic carbocycles. The van der Waals surface area contributed by atoms with Gasteiger partial charge in [-0.15, -0.1) is 35.3 Å². The molecule has 2 rings (SSSR count). The smallest absolute Gasteiger partial charge is 0.191 e. The number of aromatic nitrogens is 1. The fraction of sp³-hybridized carbons (Fsp3) is 0.529. The monoisotopic (exact) mass is 478 g/mol. The Morgan fingerprint density at radius 1 is 1.36 bits per heavy atom. The zero-order valence-electron chi connectivity index (χ0n) is 14.8. The first kappa shape index (κ1) is 21.9. The minimum absolute atomic E-state index is 0. The van der Waals surface area contributed by atoms with E-state index in [0.29, 0.717) is 6.54 Å². The number of rotatable bonds is 10. The van der Waals surface area contributed by atoms with Crippen LogP contribution >= 0.6 is 35.3 Å². The molecule has 0 atom stereocenters. The molecule has 6 nitrogen and oxygen atoms in total. The van der Waals surface area contributed by atoms with Crippen molar-refractivity contribution in [2.75, 3.05) is 26.3 Å². The van der Waals surface area contributed by atoms with E-state index in [4.69, 9.17) is 9.15 Å². The molecular weight excluding hydrogens is 451 g/mol.